The van der Waals surface area contributed by atoms with Crippen LogP contribution in [0.3, 0.4) is 0 Å². The van der Waals surface area contributed by atoms with E-state index in [9.17, 15) is 18.0 Å². The van der Waals surface area contributed by atoms with Crippen LogP contribution in [0.4, 0.5) is 0 Å². The number of hydrogen-bond acceptors (Lipinski definition) is 5. The number of sulfone groups is 1. The lowest BCUT2D eigenvalue weighted by Gasteiger charge is -2.19. The van der Waals surface area contributed by atoms with Crippen LogP contribution in [0.2, 0.25) is 0 Å². The molecule has 0 N–H and O–H groups in total. The van der Waals surface area contributed by atoms with Gasteiger partial charge in [-0.1, -0.05) is 36.1 Å². The highest BCUT2D eigenvalue weighted by atomic mass is 32.2. The molecule has 2 aliphatic rings. The summed E-state index contributed by atoms with van der Waals surface area (Å²) in [6, 6.07) is 0. The zero-order valence-corrected chi connectivity index (χ0v) is 9.99. The number of hydrogen-bond donors (Lipinski definition) is 0. The first kappa shape index (κ1) is 20.4. The van der Waals surface area contributed by atoms with Crippen molar-refractivity contribution in [2.24, 2.45) is 23.7 Å². The van der Waals surface area contributed by atoms with E-state index in [1.165, 1.54) is 0 Å². The Balaban J connectivity index is 0. The summed E-state index contributed by atoms with van der Waals surface area (Å²) < 4.78 is 27.5. The first-order valence-corrected chi connectivity index (χ1v) is 7.10. The number of carbonyl (C=O) groups excluding carboxylic acids is 2. The van der Waals surface area contributed by atoms with Gasteiger partial charge in [0.2, 0.25) is 0 Å². The fraction of sp³-hybridized carbons (Fsp3) is 0.846. The molecule has 2 heterocycles. The molecule has 5 nitrogen and oxygen atoms in total. The maximum Gasteiger partial charge on any atom is 0.317 e. The van der Waals surface area contributed by atoms with Gasteiger partial charge in [-0.2, -0.15) is 0 Å². The van der Waals surface area contributed by atoms with Crippen molar-refractivity contribution in [2.45, 2.75) is 36.1 Å². The van der Waals surface area contributed by atoms with E-state index in [1.54, 1.807) is 13.8 Å². The van der Waals surface area contributed by atoms with Gasteiger partial charge in [-0.05, 0) is 11.8 Å². The summed E-state index contributed by atoms with van der Waals surface area (Å²) >= 11 is 0. The minimum Gasteiger partial charge on any atom is -0.393 e. The number of cyclic esters (lactones) is 2. The van der Waals surface area contributed by atoms with E-state index in [4.69, 9.17) is 0 Å². The quantitative estimate of drug-likeness (QED) is 0.545. The molecular weight excluding hydrogens is 268 g/mol. The molecule has 6 heteroatoms. The summed E-state index contributed by atoms with van der Waals surface area (Å²) in [7, 11) is -3.07. The van der Waals surface area contributed by atoms with Gasteiger partial charge in [0.15, 0.2) is 9.84 Å². The summed E-state index contributed by atoms with van der Waals surface area (Å²) in [4.78, 5) is 22.7. The Morgan fingerprint density at radius 3 is 1.84 bits per heavy atom. The zero-order valence-electron chi connectivity index (χ0n) is 9.17. The Morgan fingerprint density at radius 2 is 1.53 bits per heavy atom. The Morgan fingerprint density at radius 1 is 1.00 bits per heavy atom. The van der Waals surface area contributed by atoms with Gasteiger partial charge in [-0.3, -0.25) is 9.59 Å². The average molecular weight is 294 g/mol. The molecule has 0 aromatic rings. The van der Waals surface area contributed by atoms with E-state index in [2.05, 4.69) is 4.74 Å². The molecule has 2 aliphatic heterocycles. The van der Waals surface area contributed by atoms with E-state index in [1.807, 2.05) is 0 Å². The molecule has 2 saturated heterocycles. The van der Waals surface area contributed by atoms with Gasteiger partial charge in [0.25, 0.3) is 0 Å². The molecule has 0 aromatic heterocycles. The molecule has 4 atom stereocenters. The van der Waals surface area contributed by atoms with Gasteiger partial charge in [0, 0.05) is 0 Å². The molecule has 0 spiro atoms. The summed E-state index contributed by atoms with van der Waals surface area (Å²) in [5, 5.41) is 0. The van der Waals surface area contributed by atoms with Crippen molar-refractivity contribution in [1.82, 2.24) is 0 Å². The lowest BCUT2D eigenvalue weighted by molar-refractivity contribution is -0.154. The molecule has 0 aliphatic carbocycles. The second kappa shape index (κ2) is 6.50. The summed E-state index contributed by atoms with van der Waals surface area (Å²) in [6.07, 6.45) is 0. The first-order valence-electron chi connectivity index (χ1n) is 5.28. The predicted molar refractivity (Wildman–Crippen MR) is 75.3 cm³/mol. The van der Waals surface area contributed by atoms with Crippen LogP contribution in [0, 0.1) is 23.7 Å². The standard InChI is InChI=1S/C10H14O5S.3CH4/c1-5-3-16(13,14)4-7(5)8-6(2)9(11)15-10(8)12;;;/h5-8H,3-4H2,1-2H3;3*1H4. The number of esters is 2. The Hall–Kier alpha value is -0.910. The van der Waals surface area contributed by atoms with Crippen molar-refractivity contribution in [2.75, 3.05) is 11.5 Å². The third-order valence-corrected chi connectivity index (χ3v) is 5.47. The molecule has 2 fully saturated rings. The van der Waals surface area contributed by atoms with Gasteiger partial charge in [0.05, 0.1) is 23.3 Å². The van der Waals surface area contributed by atoms with E-state index in [-0.39, 0.29) is 45.6 Å². The normalized spacial score (nSPS) is 35.7. The fourth-order valence-corrected chi connectivity index (χ4v) is 4.97. The maximum atomic E-state index is 11.5. The summed E-state index contributed by atoms with van der Waals surface area (Å²) in [6.45, 7) is 3.42. The lowest BCUT2D eigenvalue weighted by atomic mass is 9.79. The van der Waals surface area contributed by atoms with Gasteiger partial charge in [-0.15, -0.1) is 0 Å². The molecule has 114 valence electrons. The van der Waals surface area contributed by atoms with Crippen molar-refractivity contribution >= 4 is 21.8 Å². The lowest BCUT2D eigenvalue weighted by Crippen LogP contribution is -2.29. The molecule has 0 radical (unpaired) electrons. The number of carbonyl (C=O) groups is 2. The molecular formula is C13H26O5S. The topological polar surface area (TPSA) is 77.5 Å². The van der Waals surface area contributed by atoms with Gasteiger partial charge in [-0.25, -0.2) is 8.42 Å². The highest BCUT2D eigenvalue weighted by Crippen LogP contribution is 2.39. The van der Waals surface area contributed by atoms with E-state index in [0.717, 1.165) is 0 Å². The van der Waals surface area contributed by atoms with Gasteiger partial charge < -0.3 is 4.74 Å². The Labute approximate surface area is 116 Å². The van der Waals surface area contributed by atoms with Crippen molar-refractivity contribution in [1.29, 1.82) is 0 Å². The van der Waals surface area contributed by atoms with E-state index in [0.29, 0.717) is 0 Å². The molecule has 0 aromatic carbocycles. The minimum absolute atomic E-state index is 0. The third kappa shape index (κ3) is 3.55. The third-order valence-electron chi connectivity index (χ3n) is 3.54. The zero-order chi connectivity index (χ0) is 12.1. The second-order valence-electron chi connectivity index (χ2n) is 4.77. The van der Waals surface area contributed by atoms with Crippen LogP contribution in [0.1, 0.15) is 36.1 Å². The highest BCUT2D eigenvalue weighted by Gasteiger charge is 2.51. The molecule has 19 heavy (non-hydrogen) atoms. The van der Waals surface area contributed by atoms with Crippen molar-refractivity contribution in [3.05, 3.63) is 0 Å². The van der Waals surface area contributed by atoms with Crippen LogP contribution in [0.5, 0.6) is 0 Å². The number of rotatable bonds is 1. The van der Waals surface area contributed by atoms with Crippen LogP contribution in [0.25, 0.3) is 0 Å². The first-order chi connectivity index (χ1) is 7.32. The maximum absolute atomic E-state index is 11.5. The molecule has 0 amide bonds. The van der Waals surface area contributed by atoms with Crippen LogP contribution >= 0.6 is 0 Å². The minimum atomic E-state index is -3.07. The molecule has 0 saturated carbocycles. The fourth-order valence-electron chi connectivity index (χ4n) is 2.66. The SMILES string of the molecule is C.C.C.CC1CS(=O)(=O)CC1C1C(=O)OC(=O)C1C. The largest absolute Gasteiger partial charge is 0.393 e. The Bertz CT molecular complexity index is 440. The van der Waals surface area contributed by atoms with Crippen LogP contribution in [-0.2, 0) is 24.2 Å². The van der Waals surface area contributed by atoms with Crippen LogP contribution < -0.4 is 0 Å². The Kier molecular flexibility index (Phi) is 6.98. The summed E-state index contributed by atoms with van der Waals surface area (Å²) in [5.74, 6) is -2.48. The molecule has 0 bridgehead atoms. The van der Waals surface area contributed by atoms with Crippen molar-refractivity contribution in [3.8, 4) is 0 Å². The highest BCUT2D eigenvalue weighted by molar-refractivity contribution is 7.91. The molecule has 4 unspecified atom stereocenters. The summed E-state index contributed by atoms with van der Waals surface area (Å²) in [5.41, 5.74) is 0. The second-order valence-corrected chi connectivity index (χ2v) is 6.93. The monoisotopic (exact) mass is 294 g/mol. The average Bonchev–Trinajstić information content (AvgIpc) is 2.51. The van der Waals surface area contributed by atoms with E-state index >= 15 is 0 Å². The van der Waals surface area contributed by atoms with Crippen LogP contribution in [0.15, 0.2) is 0 Å². The number of ether oxygens (including phenoxy) is 1. The van der Waals surface area contributed by atoms with Gasteiger partial charge in [0.1, 0.15) is 0 Å². The smallest absolute Gasteiger partial charge is 0.317 e. The van der Waals surface area contributed by atoms with E-state index < -0.39 is 33.6 Å². The van der Waals surface area contributed by atoms with Crippen molar-refractivity contribution < 1.29 is 22.7 Å². The van der Waals surface area contributed by atoms with Gasteiger partial charge >= 0.3 is 11.9 Å². The molecule has 2 rings (SSSR count). The predicted octanol–water partition coefficient (Wildman–Crippen LogP) is 1.91. The van der Waals surface area contributed by atoms with Crippen LogP contribution in [-0.4, -0.2) is 31.9 Å². The van der Waals surface area contributed by atoms with Crippen molar-refractivity contribution in [3.63, 3.8) is 0 Å².